The number of rotatable bonds is 3. The minimum atomic E-state index is -1.37. The summed E-state index contributed by atoms with van der Waals surface area (Å²) < 4.78 is 0. The van der Waals surface area contributed by atoms with Gasteiger partial charge in [-0.2, -0.15) is 0 Å². The van der Waals surface area contributed by atoms with Crippen LogP contribution in [0.25, 0.3) is 0 Å². The van der Waals surface area contributed by atoms with E-state index < -0.39 is 5.97 Å². The highest BCUT2D eigenvalue weighted by Gasteiger charge is 2.11. The first kappa shape index (κ1) is 12.5. The van der Waals surface area contributed by atoms with Crippen LogP contribution in [-0.2, 0) is 4.79 Å². The lowest BCUT2D eigenvalue weighted by Gasteiger charge is -2.13. The quantitative estimate of drug-likeness (QED) is 0.866. The molecule has 1 aromatic carbocycles. The SMILES string of the molecule is CC(C)C(=O)Nc1ccc(Cl)cc1C(=O)[O-]. The molecule has 0 bridgehead atoms. The van der Waals surface area contributed by atoms with Gasteiger partial charge in [0.2, 0.25) is 5.91 Å². The zero-order valence-corrected chi connectivity index (χ0v) is 9.67. The number of carboxylic acids is 1. The van der Waals surface area contributed by atoms with Crippen molar-refractivity contribution < 1.29 is 14.7 Å². The minimum Gasteiger partial charge on any atom is -0.545 e. The van der Waals surface area contributed by atoms with Crippen LogP contribution in [0.15, 0.2) is 18.2 Å². The van der Waals surface area contributed by atoms with Crippen molar-refractivity contribution in [2.75, 3.05) is 5.32 Å². The smallest absolute Gasteiger partial charge is 0.226 e. The van der Waals surface area contributed by atoms with E-state index in [-0.39, 0.29) is 28.1 Å². The van der Waals surface area contributed by atoms with Gasteiger partial charge in [0.25, 0.3) is 0 Å². The van der Waals surface area contributed by atoms with Crippen molar-refractivity contribution in [3.8, 4) is 0 Å². The molecule has 0 unspecified atom stereocenters. The summed E-state index contributed by atoms with van der Waals surface area (Å²) in [5.74, 6) is -1.86. The summed E-state index contributed by atoms with van der Waals surface area (Å²) in [5.41, 5.74) is 0.0737. The second kappa shape index (κ2) is 4.99. The van der Waals surface area contributed by atoms with Gasteiger partial charge in [-0.1, -0.05) is 25.4 Å². The minimum absolute atomic E-state index is 0.124. The number of nitrogens with one attached hydrogen (secondary N) is 1. The maximum Gasteiger partial charge on any atom is 0.226 e. The Morgan fingerprint density at radius 2 is 2.00 bits per heavy atom. The fraction of sp³-hybridized carbons (Fsp3) is 0.273. The molecule has 1 N–H and O–H groups in total. The maximum absolute atomic E-state index is 11.4. The molecule has 0 aromatic heterocycles. The van der Waals surface area contributed by atoms with E-state index in [9.17, 15) is 14.7 Å². The van der Waals surface area contributed by atoms with E-state index in [0.717, 1.165) is 0 Å². The van der Waals surface area contributed by atoms with E-state index in [4.69, 9.17) is 11.6 Å². The normalized spacial score (nSPS) is 10.2. The van der Waals surface area contributed by atoms with Crippen molar-refractivity contribution in [1.82, 2.24) is 0 Å². The largest absolute Gasteiger partial charge is 0.545 e. The summed E-state index contributed by atoms with van der Waals surface area (Å²) in [6.45, 7) is 3.42. The Morgan fingerprint density at radius 1 is 1.38 bits per heavy atom. The van der Waals surface area contributed by atoms with E-state index in [1.807, 2.05) is 0 Å². The summed E-state index contributed by atoms with van der Waals surface area (Å²) >= 11 is 5.66. The average molecular weight is 241 g/mol. The van der Waals surface area contributed by atoms with Gasteiger partial charge in [0.1, 0.15) is 0 Å². The van der Waals surface area contributed by atoms with E-state index in [1.165, 1.54) is 18.2 Å². The summed E-state index contributed by atoms with van der Waals surface area (Å²) in [6, 6.07) is 4.19. The van der Waals surface area contributed by atoms with Gasteiger partial charge in [-0.3, -0.25) is 4.79 Å². The Morgan fingerprint density at radius 3 is 2.50 bits per heavy atom. The van der Waals surface area contributed by atoms with Crippen molar-refractivity contribution in [3.63, 3.8) is 0 Å². The Balaban J connectivity index is 3.04. The third-order valence-corrected chi connectivity index (χ3v) is 2.22. The van der Waals surface area contributed by atoms with Crippen LogP contribution in [0.4, 0.5) is 5.69 Å². The molecule has 1 rings (SSSR count). The molecule has 4 nitrogen and oxygen atoms in total. The average Bonchev–Trinajstić information content (AvgIpc) is 2.20. The van der Waals surface area contributed by atoms with Crippen LogP contribution in [0.3, 0.4) is 0 Å². The molecule has 0 spiro atoms. The number of carbonyl (C=O) groups excluding carboxylic acids is 2. The van der Waals surface area contributed by atoms with Crippen molar-refractivity contribution >= 4 is 29.2 Å². The second-order valence-corrected chi connectivity index (χ2v) is 4.06. The molecule has 0 aliphatic heterocycles. The zero-order chi connectivity index (χ0) is 12.3. The highest BCUT2D eigenvalue weighted by atomic mass is 35.5. The first-order valence-electron chi connectivity index (χ1n) is 4.73. The molecule has 0 aliphatic carbocycles. The highest BCUT2D eigenvalue weighted by molar-refractivity contribution is 6.31. The number of benzene rings is 1. The van der Waals surface area contributed by atoms with Crippen LogP contribution >= 0.6 is 11.6 Å². The molecule has 16 heavy (non-hydrogen) atoms. The molecule has 0 aliphatic rings. The van der Waals surface area contributed by atoms with Crippen LogP contribution < -0.4 is 10.4 Å². The first-order chi connectivity index (χ1) is 7.41. The molecule has 0 radical (unpaired) electrons. The first-order valence-corrected chi connectivity index (χ1v) is 5.11. The van der Waals surface area contributed by atoms with Crippen molar-refractivity contribution in [2.45, 2.75) is 13.8 Å². The fourth-order valence-corrected chi connectivity index (χ4v) is 1.24. The number of hydrogen-bond acceptors (Lipinski definition) is 3. The molecule has 0 saturated heterocycles. The van der Waals surface area contributed by atoms with Crippen molar-refractivity contribution in [2.24, 2.45) is 5.92 Å². The van der Waals surface area contributed by atoms with Gasteiger partial charge in [-0.25, -0.2) is 0 Å². The number of carboxylic acid groups (broad SMARTS) is 1. The van der Waals surface area contributed by atoms with Crippen LogP contribution in [0.1, 0.15) is 24.2 Å². The van der Waals surface area contributed by atoms with Crippen molar-refractivity contribution in [3.05, 3.63) is 28.8 Å². The molecule has 0 saturated carbocycles. The molecule has 5 heteroatoms. The summed E-state index contributed by atoms with van der Waals surface area (Å²) in [7, 11) is 0. The Bertz CT molecular complexity index is 429. The van der Waals surface area contributed by atoms with E-state index in [1.54, 1.807) is 13.8 Å². The molecule has 1 aromatic rings. The van der Waals surface area contributed by atoms with Gasteiger partial charge >= 0.3 is 0 Å². The number of amides is 1. The van der Waals surface area contributed by atoms with E-state index >= 15 is 0 Å². The van der Waals surface area contributed by atoms with Crippen LogP contribution in [0.2, 0.25) is 5.02 Å². The van der Waals surface area contributed by atoms with Gasteiger partial charge < -0.3 is 15.2 Å². The predicted molar refractivity (Wildman–Crippen MR) is 59.3 cm³/mol. The van der Waals surface area contributed by atoms with E-state index in [0.29, 0.717) is 0 Å². The standard InChI is InChI=1S/C11H12ClNO3/c1-6(2)10(14)13-9-4-3-7(12)5-8(9)11(15)16/h3-6H,1-2H3,(H,13,14)(H,15,16)/p-1. The van der Waals surface area contributed by atoms with E-state index in [2.05, 4.69) is 5.32 Å². The molecular formula is C11H11ClNO3-. The topological polar surface area (TPSA) is 69.2 Å². The monoisotopic (exact) mass is 240 g/mol. The predicted octanol–water partition coefficient (Wildman–Crippen LogP) is 1.30. The van der Waals surface area contributed by atoms with Gasteiger partial charge in [-0.15, -0.1) is 0 Å². The molecule has 1 amide bonds. The lowest BCUT2D eigenvalue weighted by molar-refractivity contribution is -0.254. The molecular weight excluding hydrogens is 230 g/mol. The number of carbonyl (C=O) groups is 2. The molecule has 86 valence electrons. The van der Waals surface area contributed by atoms with Gasteiger partial charge in [-0.05, 0) is 18.2 Å². The summed E-state index contributed by atoms with van der Waals surface area (Å²) in [5, 5.41) is 13.6. The van der Waals surface area contributed by atoms with Crippen LogP contribution in [-0.4, -0.2) is 11.9 Å². The maximum atomic E-state index is 11.4. The van der Waals surface area contributed by atoms with Crippen molar-refractivity contribution in [1.29, 1.82) is 0 Å². The molecule has 0 heterocycles. The second-order valence-electron chi connectivity index (χ2n) is 3.62. The number of aromatic carboxylic acids is 1. The number of hydrogen-bond donors (Lipinski definition) is 1. The fourth-order valence-electron chi connectivity index (χ4n) is 1.07. The third-order valence-electron chi connectivity index (χ3n) is 1.98. The zero-order valence-electron chi connectivity index (χ0n) is 8.91. The van der Waals surface area contributed by atoms with Gasteiger partial charge in [0.05, 0.1) is 5.97 Å². The van der Waals surface area contributed by atoms with Gasteiger partial charge in [0.15, 0.2) is 0 Å². The highest BCUT2D eigenvalue weighted by Crippen LogP contribution is 2.20. The van der Waals surface area contributed by atoms with Crippen LogP contribution in [0, 0.1) is 5.92 Å². The molecule has 0 fully saturated rings. The van der Waals surface area contributed by atoms with Crippen LogP contribution in [0.5, 0.6) is 0 Å². The Hall–Kier alpha value is -1.55. The van der Waals surface area contributed by atoms with Gasteiger partial charge in [0, 0.05) is 22.2 Å². The lowest BCUT2D eigenvalue weighted by atomic mass is 10.1. The Kier molecular flexibility index (Phi) is 3.90. The number of anilines is 1. The Labute approximate surface area is 98.2 Å². The number of halogens is 1. The summed E-state index contributed by atoms with van der Waals surface area (Å²) in [4.78, 5) is 22.2. The molecule has 0 atom stereocenters. The summed E-state index contributed by atoms with van der Waals surface area (Å²) in [6.07, 6.45) is 0. The lowest BCUT2D eigenvalue weighted by Crippen LogP contribution is -2.26. The third kappa shape index (κ3) is 2.97.